The van der Waals surface area contributed by atoms with Crippen LogP contribution in [0.15, 0.2) is 35.6 Å². The maximum atomic E-state index is 12.9. The van der Waals surface area contributed by atoms with Gasteiger partial charge in [0, 0.05) is 12.8 Å². The van der Waals surface area contributed by atoms with Crippen LogP contribution < -0.4 is 5.48 Å². The number of Topliss-reactive ketones (excluding diaryl/α,β-unsaturated/α-hetero) is 2. The minimum Gasteiger partial charge on any atom is -0.294 e. The fraction of sp³-hybridized carbons (Fsp3) is 0.667. The lowest BCUT2D eigenvalue weighted by Gasteiger charge is -2.31. The average molecular weight is 388 g/mol. The Morgan fingerprint density at radius 1 is 0.929 bits per heavy atom. The van der Waals surface area contributed by atoms with Crippen LogP contribution in [-0.4, -0.2) is 18.2 Å². The molecule has 1 atom stereocenters. The highest BCUT2D eigenvalue weighted by Crippen LogP contribution is 2.35. The number of nitrogens with one attached hydrogen (secondary N) is 1. The molecule has 0 bridgehead atoms. The molecule has 0 aromatic carbocycles. The zero-order valence-electron chi connectivity index (χ0n) is 17.7. The monoisotopic (exact) mass is 387 g/mol. The first-order valence-corrected chi connectivity index (χ1v) is 11.1. The number of hydrogen-bond donors (Lipinski definition) is 1. The van der Waals surface area contributed by atoms with Gasteiger partial charge in [-0.3, -0.25) is 19.9 Å². The molecule has 2 aliphatic rings. The van der Waals surface area contributed by atoms with E-state index in [1.807, 2.05) is 13.8 Å². The molecule has 2 rings (SSSR count). The van der Waals surface area contributed by atoms with Crippen LogP contribution in [0.4, 0.5) is 0 Å². The molecule has 0 spiro atoms. The van der Waals surface area contributed by atoms with Crippen molar-refractivity contribution < 1.29 is 14.4 Å². The third-order valence-electron chi connectivity index (χ3n) is 5.74. The van der Waals surface area contributed by atoms with Gasteiger partial charge in [0.2, 0.25) is 0 Å². The summed E-state index contributed by atoms with van der Waals surface area (Å²) in [4.78, 5) is 31.1. The van der Waals surface area contributed by atoms with Crippen molar-refractivity contribution >= 4 is 11.6 Å². The molecule has 0 aromatic heterocycles. The molecular formula is C24H37NO3. The van der Waals surface area contributed by atoms with Crippen molar-refractivity contribution in [1.82, 2.24) is 5.48 Å². The normalized spacial score (nSPS) is 26.9. The molecule has 1 saturated carbocycles. The largest absolute Gasteiger partial charge is 0.294 e. The van der Waals surface area contributed by atoms with Crippen LogP contribution in [0.2, 0.25) is 0 Å². The molecular weight excluding hydrogens is 350 g/mol. The fourth-order valence-electron chi connectivity index (χ4n) is 4.30. The van der Waals surface area contributed by atoms with Crippen LogP contribution in [-0.2, 0) is 14.4 Å². The van der Waals surface area contributed by atoms with E-state index >= 15 is 0 Å². The number of rotatable bonds is 6. The second-order valence-electron chi connectivity index (χ2n) is 7.94. The lowest BCUT2D eigenvalue weighted by atomic mass is 9.73. The zero-order chi connectivity index (χ0) is 20.2. The number of allylic oxidation sites excluding steroid dienone is 6. The Morgan fingerprint density at radius 2 is 1.57 bits per heavy atom. The number of carbonyl (C=O) groups is 2. The van der Waals surface area contributed by atoms with Gasteiger partial charge in [0.25, 0.3) is 0 Å². The molecule has 0 heterocycles. The first-order chi connectivity index (χ1) is 13.7. The van der Waals surface area contributed by atoms with E-state index in [0.717, 1.165) is 51.4 Å². The summed E-state index contributed by atoms with van der Waals surface area (Å²) in [5.41, 5.74) is 3.90. The van der Waals surface area contributed by atoms with E-state index in [0.29, 0.717) is 43.1 Å². The second-order valence-corrected chi connectivity index (χ2v) is 7.94. The Balaban J connectivity index is 2.09. The van der Waals surface area contributed by atoms with E-state index < -0.39 is 0 Å². The summed E-state index contributed by atoms with van der Waals surface area (Å²) in [7, 11) is 0. The minimum absolute atomic E-state index is 0.00143. The van der Waals surface area contributed by atoms with Crippen molar-refractivity contribution in [2.75, 3.05) is 6.61 Å². The minimum atomic E-state index is -0.00143. The van der Waals surface area contributed by atoms with Crippen molar-refractivity contribution in [1.29, 1.82) is 0 Å². The number of ketones is 2. The quantitative estimate of drug-likeness (QED) is 0.279. The molecule has 0 amide bonds. The van der Waals surface area contributed by atoms with E-state index in [-0.39, 0.29) is 17.5 Å². The first kappa shape index (κ1) is 22.6. The smallest absolute Gasteiger partial charge is 0.168 e. The molecule has 0 saturated heterocycles. The van der Waals surface area contributed by atoms with Crippen LogP contribution in [0.25, 0.3) is 0 Å². The lowest BCUT2D eigenvalue weighted by molar-refractivity contribution is -0.126. The molecule has 1 unspecified atom stereocenters. The molecule has 1 N–H and O–H groups in total. The molecule has 2 aliphatic carbocycles. The zero-order valence-corrected chi connectivity index (χ0v) is 17.7. The summed E-state index contributed by atoms with van der Waals surface area (Å²) in [6.45, 7) is 4.42. The van der Waals surface area contributed by atoms with Crippen molar-refractivity contribution in [2.24, 2.45) is 11.8 Å². The fourth-order valence-corrected chi connectivity index (χ4v) is 4.30. The van der Waals surface area contributed by atoms with Gasteiger partial charge in [-0.15, -0.1) is 0 Å². The Bertz CT molecular complexity index is 583. The maximum absolute atomic E-state index is 12.9. The van der Waals surface area contributed by atoms with Crippen molar-refractivity contribution in [3.8, 4) is 0 Å². The molecule has 28 heavy (non-hydrogen) atoms. The van der Waals surface area contributed by atoms with Crippen molar-refractivity contribution in [2.45, 2.75) is 84.5 Å². The molecule has 4 nitrogen and oxygen atoms in total. The summed E-state index contributed by atoms with van der Waals surface area (Å²) in [5.74, 6) is 0.623. The van der Waals surface area contributed by atoms with E-state index in [2.05, 4.69) is 29.8 Å². The Morgan fingerprint density at radius 3 is 2.21 bits per heavy atom. The van der Waals surface area contributed by atoms with Gasteiger partial charge in [0.15, 0.2) is 11.6 Å². The van der Waals surface area contributed by atoms with E-state index in [9.17, 15) is 9.59 Å². The van der Waals surface area contributed by atoms with Crippen LogP contribution >= 0.6 is 0 Å². The standard InChI is InChI=1S/C24H37NO3/c1-3-14-21(25-28-4-2)24-22(26)17-20(18-23(24)27)19-15-12-10-8-6-5-7-9-11-13-16-19/h6,8-9,11,19-20,25H,3-5,7,10,12-18H2,1-2H3/b8-6-,11-9-,24-21?. The van der Waals surface area contributed by atoms with Crippen LogP contribution in [0.1, 0.15) is 84.5 Å². The summed E-state index contributed by atoms with van der Waals surface area (Å²) in [6.07, 6.45) is 19.3. The van der Waals surface area contributed by atoms with Crippen molar-refractivity contribution in [3.05, 3.63) is 35.6 Å². The van der Waals surface area contributed by atoms with Gasteiger partial charge < -0.3 is 0 Å². The van der Waals surface area contributed by atoms with Gasteiger partial charge in [0.05, 0.1) is 17.9 Å². The second kappa shape index (κ2) is 12.7. The van der Waals surface area contributed by atoms with Gasteiger partial charge in [-0.05, 0) is 70.1 Å². The first-order valence-electron chi connectivity index (χ1n) is 11.1. The number of hydroxylamine groups is 1. The van der Waals surface area contributed by atoms with Crippen LogP contribution in [0, 0.1) is 11.8 Å². The predicted molar refractivity (Wildman–Crippen MR) is 114 cm³/mol. The van der Waals surface area contributed by atoms with Gasteiger partial charge >= 0.3 is 0 Å². The number of carbonyl (C=O) groups excluding carboxylic acids is 2. The van der Waals surface area contributed by atoms with Gasteiger partial charge in [0.1, 0.15) is 0 Å². The average Bonchev–Trinajstić information content (AvgIpc) is 2.66. The van der Waals surface area contributed by atoms with E-state index in [4.69, 9.17) is 4.84 Å². The highest BCUT2D eigenvalue weighted by molar-refractivity contribution is 6.22. The molecule has 156 valence electrons. The lowest BCUT2D eigenvalue weighted by Crippen LogP contribution is -2.33. The molecule has 1 fully saturated rings. The van der Waals surface area contributed by atoms with E-state index in [1.165, 1.54) is 0 Å². The molecule has 0 aliphatic heterocycles. The van der Waals surface area contributed by atoms with Crippen LogP contribution in [0.5, 0.6) is 0 Å². The van der Waals surface area contributed by atoms with Gasteiger partial charge in [-0.25, -0.2) is 0 Å². The Kier molecular flexibility index (Phi) is 10.3. The number of hydrogen-bond acceptors (Lipinski definition) is 4. The third-order valence-corrected chi connectivity index (χ3v) is 5.74. The summed E-state index contributed by atoms with van der Waals surface area (Å²) in [6, 6.07) is 0. The summed E-state index contributed by atoms with van der Waals surface area (Å²) in [5, 5.41) is 0. The van der Waals surface area contributed by atoms with Crippen molar-refractivity contribution in [3.63, 3.8) is 0 Å². The Labute approximate surface area is 170 Å². The Hall–Kier alpha value is -1.68. The van der Waals surface area contributed by atoms with Crippen LogP contribution in [0.3, 0.4) is 0 Å². The molecule has 0 radical (unpaired) electrons. The van der Waals surface area contributed by atoms with Gasteiger partial charge in [-0.2, -0.15) is 0 Å². The third kappa shape index (κ3) is 7.05. The molecule has 0 aromatic rings. The molecule has 4 heteroatoms. The summed E-state index contributed by atoms with van der Waals surface area (Å²) < 4.78 is 0. The van der Waals surface area contributed by atoms with Gasteiger partial charge in [-0.1, -0.05) is 37.6 Å². The SMILES string of the molecule is CCCC(NOCC)=C1C(=O)CC(C2CC/C=C\CC/C=C\CCC2)CC1=O. The highest BCUT2D eigenvalue weighted by Gasteiger charge is 2.36. The topological polar surface area (TPSA) is 55.4 Å². The van der Waals surface area contributed by atoms with E-state index in [1.54, 1.807) is 0 Å². The highest BCUT2D eigenvalue weighted by atomic mass is 16.6. The maximum Gasteiger partial charge on any atom is 0.168 e. The summed E-state index contributed by atoms with van der Waals surface area (Å²) >= 11 is 0. The predicted octanol–water partition coefficient (Wildman–Crippen LogP) is 5.60.